The monoisotopic (exact) mass is 857 g/mol. The molecular weight excluding hydrogens is 777 g/mol. The van der Waals surface area contributed by atoms with E-state index in [2.05, 4.69) is 13.1 Å². The Balaban J connectivity index is 0.000000307. The lowest BCUT2D eigenvalue weighted by Crippen LogP contribution is -2.46. The zero-order valence-corrected chi connectivity index (χ0v) is 37.7. The van der Waals surface area contributed by atoms with E-state index in [0.717, 1.165) is 0 Å². The first-order chi connectivity index (χ1) is 28.1. The lowest BCUT2D eigenvalue weighted by Gasteiger charge is -2.36. The molecule has 0 bridgehead atoms. The molecule has 2 saturated heterocycles. The van der Waals surface area contributed by atoms with Crippen molar-refractivity contribution in [3.63, 3.8) is 0 Å². The van der Waals surface area contributed by atoms with Gasteiger partial charge in [0.25, 0.3) is 0 Å². The molecule has 2 aliphatic heterocycles. The highest BCUT2D eigenvalue weighted by Crippen LogP contribution is 2.39. The topological polar surface area (TPSA) is 138 Å². The van der Waals surface area contributed by atoms with Gasteiger partial charge in [0.2, 0.25) is 0 Å². The Hall–Kier alpha value is -0.166. The highest BCUT2D eigenvalue weighted by atomic mass is 28.4. The van der Waals surface area contributed by atoms with Crippen LogP contribution in [0.5, 0.6) is 0 Å². The average molecular weight is 857 g/mol. The van der Waals surface area contributed by atoms with E-state index in [0.29, 0.717) is 183 Å². The molecule has 2 heterocycles. The van der Waals surface area contributed by atoms with Crippen molar-refractivity contribution in [3.8, 4) is 0 Å². The van der Waals surface area contributed by atoms with E-state index in [1.165, 1.54) is 64.2 Å². The van der Waals surface area contributed by atoms with Crippen molar-refractivity contribution in [3.05, 3.63) is 0 Å². The Morgan fingerprint density at radius 2 is 0.386 bits per heavy atom. The minimum atomic E-state index is -2.27. The van der Waals surface area contributed by atoms with Gasteiger partial charge in [0.05, 0.1) is 172 Å². The molecule has 4 aliphatic rings. The molecule has 0 aromatic rings. The molecule has 2 saturated carbocycles. The summed E-state index contributed by atoms with van der Waals surface area (Å²) in [6, 6.07) is 0. The lowest BCUT2D eigenvalue weighted by atomic mass is 10.0. The molecule has 4 fully saturated rings. The summed E-state index contributed by atoms with van der Waals surface area (Å²) in [5.74, 6) is 0. The summed E-state index contributed by atoms with van der Waals surface area (Å²) >= 11 is 0. The zero-order valence-electron chi connectivity index (χ0n) is 35.7. The highest BCUT2D eigenvalue weighted by Gasteiger charge is 2.42. The molecule has 338 valence electrons. The van der Waals surface area contributed by atoms with Crippen LogP contribution in [-0.2, 0) is 69.8 Å². The number of hydrogen-bond acceptors (Lipinski definition) is 15. The van der Waals surface area contributed by atoms with Gasteiger partial charge in [-0.25, -0.2) is 0 Å². The van der Waals surface area contributed by atoms with Gasteiger partial charge in [-0.05, 0) is 38.8 Å². The Kier molecular flexibility index (Phi) is 31.8. The molecule has 2 aliphatic carbocycles. The first kappa shape index (κ1) is 51.2. The fourth-order valence-corrected chi connectivity index (χ4v) is 13.2. The zero-order chi connectivity index (χ0) is 40.2. The minimum absolute atomic E-state index is 0.549. The summed E-state index contributed by atoms with van der Waals surface area (Å²) in [4.78, 5) is 0. The van der Waals surface area contributed by atoms with E-state index in [1.54, 1.807) is 0 Å². The molecule has 0 N–H and O–H groups in total. The Bertz CT molecular complexity index is 842. The highest BCUT2D eigenvalue weighted by molar-refractivity contribution is 6.68. The van der Waals surface area contributed by atoms with Crippen molar-refractivity contribution in [1.82, 2.24) is 0 Å². The van der Waals surface area contributed by atoms with Gasteiger partial charge in [-0.15, -0.1) is 0 Å². The largest absolute Gasteiger partial charge is 0.392 e. The third-order valence-electron chi connectivity index (χ3n) is 10.5. The molecule has 0 spiro atoms. The molecule has 0 unspecified atom stereocenters. The minimum Gasteiger partial charge on any atom is -0.392 e. The van der Waals surface area contributed by atoms with Gasteiger partial charge in [0, 0.05) is 11.1 Å². The van der Waals surface area contributed by atoms with Gasteiger partial charge in [-0.2, -0.15) is 0 Å². The molecule has 0 aromatic heterocycles. The molecular formula is C40H80O15Si2. The van der Waals surface area contributed by atoms with Gasteiger partial charge in [0.1, 0.15) is 0 Å². The van der Waals surface area contributed by atoms with E-state index in [1.807, 2.05) is 0 Å². The van der Waals surface area contributed by atoms with Crippen molar-refractivity contribution in [1.29, 1.82) is 0 Å². The van der Waals surface area contributed by atoms with Gasteiger partial charge in [0.15, 0.2) is 0 Å². The van der Waals surface area contributed by atoms with E-state index in [9.17, 15) is 0 Å². The molecule has 4 rings (SSSR count). The fraction of sp³-hybridized carbons (Fsp3) is 1.00. The van der Waals surface area contributed by atoms with Crippen molar-refractivity contribution >= 4 is 17.1 Å². The van der Waals surface area contributed by atoms with Gasteiger partial charge in [-0.1, -0.05) is 38.5 Å². The maximum Gasteiger partial charge on any atom is 0.338 e. The second kappa shape index (κ2) is 35.4. The van der Waals surface area contributed by atoms with Crippen LogP contribution in [0.4, 0.5) is 0 Å². The average Bonchev–Trinajstić information content (AvgIpc) is 3.24. The SMILES string of the molecule is C[Si]1(C2CCCCC2)OCCOCCOCCOCCOCCOCCO1.C[Si]1(C2CCCCC2)OCCOCCOCCOCCOCCOCCOCCO1. The summed E-state index contributed by atoms with van der Waals surface area (Å²) in [6.07, 6.45) is 12.6. The number of hydrogen-bond donors (Lipinski definition) is 0. The van der Waals surface area contributed by atoms with Crippen LogP contribution in [-0.4, -0.2) is 189 Å². The van der Waals surface area contributed by atoms with E-state index in [-0.39, 0.29) is 0 Å². The summed E-state index contributed by atoms with van der Waals surface area (Å²) in [6.45, 7) is 19.2. The first-order valence-electron chi connectivity index (χ1n) is 22.0. The molecule has 0 radical (unpaired) electrons. The van der Waals surface area contributed by atoms with Crippen LogP contribution in [0.1, 0.15) is 64.2 Å². The van der Waals surface area contributed by atoms with Gasteiger partial charge in [-0.3, -0.25) is 0 Å². The van der Waals surface area contributed by atoms with E-state index in [4.69, 9.17) is 69.8 Å². The second-order valence-corrected chi connectivity index (χ2v) is 21.7. The van der Waals surface area contributed by atoms with Crippen molar-refractivity contribution < 1.29 is 69.8 Å². The standard InChI is InChI=1S/C21H42O8Si.C19H38O7Si/c1-30(21-5-3-2-4-6-21)28-19-17-26-15-13-24-11-9-22-7-8-23-10-12-25-14-16-27-18-20-29-30;1-27(19-5-3-2-4-6-19)25-17-15-23-13-11-21-9-7-20-8-10-22-12-14-24-16-18-26-27/h21H,2-20H2,1H3;19H,2-18H2,1H3. The maximum absolute atomic E-state index is 6.33. The van der Waals surface area contributed by atoms with E-state index < -0.39 is 17.1 Å². The first-order valence-corrected chi connectivity index (χ1v) is 26.8. The number of ether oxygens (including phenoxy) is 11. The summed E-state index contributed by atoms with van der Waals surface area (Å²) < 4.78 is 86.2. The van der Waals surface area contributed by atoms with Crippen LogP contribution >= 0.6 is 0 Å². The van der Waals surface area contributed by atoms with Gasteiger partial charge >= 0.3 is 17.1 Å². The van der Waals surface area contributed by atoms with Crippen LogP contribution < -0.4 is 0 Å². The van der Waals surface area contributed by atoms with Crippen molar-refractivity contribution in [2.45, 2.75) is 88.4 Å². The molecule has 15 nitrogen and oxygen atoms in total. The number of rotatable bonds is 2. The molecule has 0 atom stereocenters. The molecule has 0 amide bonds. The van der Waals surface area contributed by atoms with Gasteiger partial charge < -0.3 is 69.8 Å². The maximum atomic E-state index is 6.33. The summed E-state index contributed by atoms with van der Waals surface area (Å²) in [5, 5.41) is 0. The van der Waals surface area contributed by atoms with Crippen molar-refractivity contribution in [2.75, 3.05) is 172 Å². The van der Waals surface area contributed by atoms with Crippen LogP contribution in [0.3, 0.4) is 0 Å². The Morgan fingerprint density at radius 3 is 0.561 bits per heavy atom. The summed E-state index contributed by atoms with van der Waals surface area (Å²) in [5.41, 5.74) is 1.11. The van der Waals surface area contributed by atoms with Crippen LogP contribution in [0.25, 0.3) is 0 Å². The third-order valence-corrected chi connectivity index (χ3v) is 17.7. The smallest absolute Gasteiger partial charge is 0.338 e. The molecule has 17 heteroatoms. The Labute approximate surface area is 346 Å². The quantitative estimate of drug-likeness (QED) is 0.342. The van der Waals surface area contributed by atoms with Crippen LogP contribution in [0.15, 0.2) is 0 Å². The summed E-state index contributed by atoms with van der Waals surface area (Å²) in [7, 11) is -4.50. The molecule has 57 heavy (non-hydrogen) atoms. The Morgan fingerprint density at radius 1 is 0.228 bits per heavy atom. The van der Waals surface area contributed by atoms with E-state index >= 15 is 0 Å². The molecule has 0 aromatic carbocycles. The fourth-order valence-electron chi connectivity index (χ4n) is 7.20. The predicted octanol–water partition coefficient (Wildman–Crippen LogP) is 5.06. The van der Waals surface area contributed by atoms with Crippen LogP contribution in [0, 0.1) is 0 Å². The van der Waals surface area contributed by atoms with Crippen LogP contribution in [0.2, 0.25) is 24.2 Å². The normalized spacial score (nSPS) is 26.8. The third kappa shape index (κ3) is 26.0. The predicted molar refractivity (Wildman–Crippen MR) is 220 cm³/mol. The van der Waals surface area contributed by atoms with Crippen molar-refractivity contribution in [2.24, 2.45) is 0 Å². The lowest BCUT2D eigenvalue weighted by molar-refractivity contribution is -0.0195. The second-order valence-electron chi connectivity index (χ2n) is 14.8.